The van der Waals surface area contributed by atoms with Crippen LogP contribution in [0.4, 0.5) is 0 Å². The molecule has 5 heteroatoms. The van der Waals surface area contributed by atoms with E-state index in [4.69, 9.17) is 4.42 Å². The summed E-state index contributed by atoms with van der Waals surface area (Å²) < 4.78 is 5.45. The van der Waals surface area contributed by atoms with E-state index in [9.17, 15) is 4.79 Å². The van der Waals surface area contributed by atoms with E-state index < -0.39 is 0 Å². The van der Waals surface area contributed by atoms with Gasteiger partial charge in [-0.15, -0.1) is 11.3 Å². The highest BCUT2D eigenvalue weighted by molar-refractivity contribution is 7.14. The van der Waals surface area contributed by atoms with Crippen molar-refractivity contribution in [1.82, 2.24) is 10.2 Å². The molecule has 0 aliphatic rings. The van der Waals surface area contributed by atoms with Crippen LogP contribution in [0.1, 0.15) is 38.8 Å². The third kappa shape index (κ3) is 3.74. The summed E-state index contributed by atoms with van der Waals surface area (Å²) in [6, 6.07) is 5.80. The molecule has 0 fully saturated rings. The van der Waals surface area contributed by atoms with Gasteiger partial charge in [0.25, 0.3) is 5.91 Å². The largest absolute Gasteiger partial charge is 0.468 e. The summed E-state index contributed by atoms with van der Waals surface area (Å²) in [7, 11) is 3.95. The van der Waals surface area contributed by atoms with Crippen molar-refractivity contribution >= 4 is 17.2 Å². The molecule has 2 rings (SSSR count). The molecule has 4 nitrogen and oxygen atoms in total. The Morgan fingerprint density at radius 1 is 1.48 bits per heavy atom. The minimum Gasteiger partial charge on any atom is -0.468 e. The van der Waals surface area contributed by atoms with Gasteiger partial charge < -0.3 is 9.73 Å². The Hall–Kier alpha value is -1.59. The normalized spacial score (nSPS) is 12.6. The lowest BCUT2D eigenvalue weighted by molar-refractivity contribution is 0.0943. The molecule has 0 radical (unpaired) electrons. The fraction of sp³-hybridized carbons (Fsp3) is 0.438. The zero-order valence-electron chi connectivity index (χ0n) is 13.0. The van der Waals surface area contributed by atoms with Crippen LogP contribution in [0, 0.1) is 6.92 Å². The van der Waals surface area contributed by atoms with E-state index in [1.54, 1.807) is 17.6 Å². The Morgan fingerprint density at radius 2 is 2.24 bits per heavy atom. The van der Waals surface area contributed by atoms with E-state index in [1.807, 2.05) is 37.2 Å². The van der Waals surface area contributed by atoms with Crippen molar-refractivity contribution < 1.29 is 9.21 Å². The molecule has 0 aromatic carbocycles. The van der Waals surface area contributed by atoms with E-state index in [1.165, 1.54) is 10.4 Å². The van der Waals surface area contributed by atoms with Crippen LogP contribution in [-0.2, 0) is 6.42 Å². The molecule has 0 bridgehead atoms. The zero-order valence-corrected chi connectivity index (χ0v) is 13.8. The molecular weight excluding hydrogens is 284 g/mol. The first-order valence-corrected chi connectivity index (χ1v) is 7.92. The molecule has 1 atom stereocenters. The third-order valence-corrected chi connectivity index (χ3v) is 4.90. The van der Waals surface area contributed by atoms with Gasteiger partial charge in [0.05, 0.1) is 17.2 Å². The maximum Gasteiger partial charge on any atom is 0.261 e. The number of aryl methyl sites for hydroxylation is 2. The summed E-state index contributed by atoms with van der Waals surface area (Å²) in [5, 5.41) is 3.00. The first-order valence-electron chi connectivity index (χ1n) is 7.10. The Morgan fingerprint density at radius 3 is 2.76 bits per heavy atom. The second-order valence-corrected chi connectivity index (χ2v) is 6.41. The van der Waals surface area contributed by atoms with Gasteiger partial charge in [0.15, 0.2) is 0 Å². The van der Waals surface area contributed by atoms with Crippen molar-refractivity contribution in [3.63, 3.8) is 0 Å². The Balaban J connectivity index is 2.02. The monoisotopic (exact) mass is 306 g/mol. The van der Waals surface area contributed by atoms with Gasteiger partial charge in [0, 0.05) is 11.4 Å². The molecular formula is C16H22N2O2S. The molecule has 0 saturated heterocycles. The molecule has 2 aromatic heterocycles. The minimum atomic E-state index is -0.0128. The average molecular weight is 306 g/mol. The molecule has 21 heavy (non-hydrogen) atoms. The third-order valence-electron chi connectivity index (χ3n) is 3.52. The smallest absolute Gasteiger partial charge is 0.261 e. The van der Waals surface area contributed by atoms with Crippen molar-refractivity contribution in [2.75, 3.05) is 20.6 Å². The first kappa shape index (κ1) is 15.8. The van der Waals surface area contributed by atoms with Crippen LogP contribution in [-0.4, -0.2) is 31.4 Å². The molecule has 0 aliphatic carbocycles. The lowest BCUT2D eigenvalue weighted by atomic mass is 10.2. The van der Waals surface area contributed by atoms with Crippen molar-refractivity contribution in [3.8, 4) is 0 Å². The van der Waals surface area contributed by atoms with Crippen LogP contribution in [0.15, 0.2) is 28.9 Å². The second-order valence-electron chi connectivity index (χ2n) is 5.28. The van der Waals surface area contributed by atoms with Crippen LogP contribution in [0.3, 0.4) is 0 Å². The highest BCUT2D eigenvalue weighted by Crippen LogP contribution is 2.23. The predicted molar refractivity (Wildman–Crippen MR) is 85.9 cm³/mol. The fourth-order valence-corrected chi connectivity index (χ4v) is 3.31. The standard InChI is InChI=1S/C16H22N2O2S/c1-5-14-11(2)9-15(21-14)16(19)17-10-12(18(3)4)13-7-6-8-20-13/h6-9,12H,5,10H2,1-4H3,(H,17,19). The predicted octanol–water partition coefficient (Wildman–Crippen LogP) is 3.24. The van der Waals surface area contributed by atoms with Crippen LogP contribution in [0.2, 0.25) is 0 Å². The van der Waals surface area contributed by atoms with Crippen molar-refractivity contribution in [2.24, 2.45) is 0 Å². The van der Waals surface area contributed by atoms with Crippen molar-refractivity contribution in [1.29, 1.82) is 0 Å². The maximum absolute atomic E-state index is 12.3. The molecule has 1 unspecified atom stereocenters. The fourth-order valence-electron chi connectivity index (χ4n) is 2.28. The Kier molecular flexibility index (Phi) is 5.20. The lowest BCUT2D eigenvalue weighted by Gasteiger charge is -2.22. The zero-order chi connectivity index (χ0) is 15.4. The molecule has 1 N–H and O–H groups in total. The second kappa shape index (κ2) is 6.91. The van der Waals surface area contributed by atoms with Gasteiger partial charge in [0.1, 0.15) is 5.76 Å². The molecule has 0 saturated carbocycles. The van der Waals surface area contributed by atoms with Gasteiger partial charge >= 0.3 is 0 Å². The van der Waals surface area contributed by atoms with E-state index >= 15 is 0 Å². The molecule has 114 valence electrons. The summed E-state index contributed by atoms with van der Waals surface area (Å²) in [6.45, 7) is 4.69. The number of hydrogen-bond acceptors (Lipinski definition) is 4. The van der Waals surface area contributed by atoms with Crippen LogP contribution < -0.4 is 5.32 Å². The number of rotatable bonds is 6. The number of carbonyl (C=O) groups is 1. The van der Waals surface area contributed by atoms with Crippen molar-refractivity contribution in [3.05, 3.63) is 45.5 Å². The number of furan rings is 1. The number of hydrogen-bond donors (Lipinski definition) is 1. The topological polar surface area (TPSA) is 45.5 Å². The highest BCUT2D eigenvalue weighted by atomic mass is 32.1. The molecule has 2 heterocycles. The van der Waals surface area contributed by atoms with Gasteiger partial charge in [0.2, 0.25) is 0 Å². The van der Waals surface area contributed by atoms with Gasteiger partial charge in [-0.3, -0.25) is 9.69 Å². The SMILES string of the molecule is CCc1sc(C(=O)NCC(c2ccco2)N(C)C)cc1C. The number of nitrogens with one attached hydrogen (secondary N) is 1. The summed E-state index contributed by atoms with van der Waals surface area (Å²) in [6.07, 6.45) is 2.63. The van der Waals surface area contributed by atoms with E-state index in [0.717, 1.165) is 17.1 Å². The summed E-state index contributed by atoms with van der Waals surface area (Å²) in [4.78, 5) is 16.4. The first-order chi connectivity index (χ1) is 10.0. The summed E-state index contributed by atoms with van der Waals surface area (Å²) in [5.74, 6) is 0.845. The average Bonchev–Trinajstić information content (AvgIpc) is 3.07. The van der Waals surface area contributed by atoms with Crippen LogP contribution in [0.25, 0.3) is 0 Å². The summed E-state index contributed by atoms with van der Waals surface area (Å²) in [5.41, 5.74) is 1.20. The number of amides is 1. The quantitative estimate of drug-likeness (QED) is 0.891. The Bertz CT molecular complexity index is 587. The number of thiophene rings is 1. The van der Waals surface area contributed by atoms with E-state index in [2.05, 4.69) is 19.2 Å². The van der Waals surface area contributed by atoms with E-state index in [-0.39, 0.29) is 11.9 Å². The number of likely N-dealkylation sites (N-methyl/N-ethyl adjacent to an activating group) is 1. The number of nitrogens with zero attached hydrogens (tertiary/aromatic N) is 1. The number of carbonyl (C=O) groups excluding carboxylic acids is 1. The van der Waals surface area contributed by atoms with Gasteiger partial charge in [-0.2, -0.15) is 0 Å². The molecule has 1 amide bonds. The van der Waals surface area contributed by atoms with Crippen LogP contribution in [0.5, 0.6) is 0 Å². The highest BCUT2D eigenvalue weighted by Gasteiger charge is 2.19. The maximum atomic E-state index is 12.3. The minimum absolute atomic E-state index is 0.0128. The lowest BCUT2D eigenvalue weighted by Crippen LogP contribution is -2.34. The van der Waals surface area contributed by atoms with Gasteiger partial charge in [-0.05, 0) is 51.2 Å². The molecule has 0 spiro atoms. The van der Waals surface area contributed by atoms with Crippen molar-refractivity contribution in [2.45, 2.75) is 26.3 Å². The summed E-state index contributed by atoms with van der Waals surface area (Å²) >= 11 is 1.58. The molecule has 0 aliphatic heterocycles. The van der Waals surface area contributed by atoms with Gasteiger partial charge in [-0.25, -0.2) is 0 Å². The molecule has 2 aromatic rings. The van der Waals surface area contributed by atoms with E-state index in [0.29, 0.717) is 6.54 Å². The van der Waals surface area contributed by atoms with Crippen LogP contribution >= 0.6 is 11.3 Å². The Labute approximate surface area is 129 Å². The van der Waals surface area contributed by atoms with Gasteiger partial charge in [-0.1, -0.05) is 6.92 Å².